The lowest BCUT2D eigenvalue weighted by Gasteiger charge is -1.79. The fourth-order valence-electron chi connectivity index (χ4n) is 0.508. The van der Waals surface area contributed by atoms with Gasteiger partial charge >= 0.3 is 7.32 Å². The second-order valence-corrected chi connectivity index (χ2v) is 3.02. The van der Waals surface area contributed by atoms with Crippen LogP contribution >= 0.6 is 0 Å². The lowest BCUT2D eigenvalue weighted by Crippen LogP contribution is -2.18. The van der Waals surface area contributed by atoms with Crippen molar-refractivity contribution >= 4 is 19.1 Å². The second kappa shape index (κ2) is 9.38. The number of amides is 2. The van der Waals surface area contributed by atoms with E-state index in [1.54, 1.807) is 0 Å². The van der Waals surface area contributed by atoms with Crippen molar-refractivity contribution < 1.29 is 24.7 Å². The van der Waals surface area contributed by atoms with Gasteiger partial charge in [-0.05, 0) is 13.8 Å². The maximum Gasteiger partial charge on any atom is 0.631 e. The Hall–Kier alpha value is -1.18. The van der Waals surface area contributed by atoms with Crippen LogP contribution in [0.5, 0.6) is 0 Å². The molecular weight excluding hydrogens is 201 g/mol. The van der Waals surface area contributed by atoms with Crippen molar-refractivity contribution in [1.82, 2.24) is 5.32 Å². The van der Waals surface area contributed by atoms with Crippen LogP contribution in [0.4, 0.5) is 0 Å². The molecule has 1 saturated heterocycles. The maximum absolute atomic E-state index is 10.1. The number of hydrogen-bond donors (Lipinski definition) is 4. The van der Waals surface area contributed by atoms with Crippen LogP contribution in [0.3, 0.4) is 0 Å². The highest BCUT2D eigenvalue weighted by Gasteiger charge is 2.15. The summed E-state index contributed by atoms with van der Waals surface area (Å²) < 4.78 is 0. The number of carbonyl (C=O) groups is 2. The fourth-order valence-corrected chi connectivity index (χ4v) is 0.508. The van der Waals surface area contributed by atoms with Crippen molar-refractivity contribution in [1.29, 1.82) is 0 Å². The van der Waals surface area contributed by atoms with E-state index < -0.39 is 7.32 Å². The molecule has 0 aromatic rings. The quantitative estimate of drug-likeness (QED) is 0.235. The van der Waals surface area contributed by atoms with Crippen molar-refractivity contribution in [3.05, 3.63) is 12.2 Å². The predicted molar refractivity (Wildman–Crippen MR) is 55.3 cm³/mol. The normalized spacial score (nSPS) is 12.9. The van der Waals surface area contributed by atoms with Gasteiger partial charge in [-0.3, -0.25) is 14.9 Å². The molecule has 0 saturated carbocycles. The monoisotopic (exact) mass is 217 g/mol. The molecule has 0 aromatic heterocycles. The van der Waals surface area contributed by atoms with Gasteiger partial charge in [0.15, 0.2) is 0 Å². The Morgan fingerprint density at radius 2 is 1.40 bits per heavy atom. The predicted octanol–water partition coefficient (Wildman–Crippen LogP) is -1.05. The number of allylic oxidation sites excluding steroid dienone is 1. The summed E-state index contributed by atoms with van der Waals surface area (Å²) in [6.07, 6.45) is 0.748. The van der Waals surface area contributed by atoms with E-state index in [9.17, 15) is 9.59 Å². The Morgan fingerprint density at radius 3 is 1.47 bits per heavy atom. The first-order valence-electron chi connectivity index (χ1n) is 4.24. The van der Waals surface area contributed by atoms with Crippen LogP contribution in [0.25, 0.3) is 0 Å². The van der Waals surface area contributed by atoms with Gasteiger partial charge in [0, 0.05) is 12.8 Å². The second-order valence-electron chi connectivity index (χ2n) is 3.02. The van der Waals surface area contributed by atoms with Gasteiger partial charge in [-0.15, -0.1) is 6.58 Å². The van der Waals surface area contributed by atoms with E-state index in [1.165, 1.54) is 5.57 Å². The molecule has 0 aromatic carbocycles. The summed E-state index contributed by atoms with van der Waals surface area (Å²) in [6.45, 7) is 7.50. The maximum atomic E-state index is 10.1. The summed E-state index contributed by atoms with van der Waals surface area (Å²) in [7, 11) is -2.17. The third-order valence-electron chi connectivity index (χ3n) is 0.858. The third-order valence-corrected chi connectivity index (χ3v) is 0.858. The molecule has 0 atom stereocenters. The van der Waals surface area contributed by atoms with E-state index >= 15 is 0 Å². The van der Waals surface area contributed by atoms with Gasteiger partial charge in [0.2, 0.25) is 11.8 Å². The Labute approximate surface area is 88.8 Å². The van der Waals surface area contributed by atoms with Crippen LogP contribution in [-0.2, 0) is 9.59 Å². The summed E-state index contributed by atoms with van der Waals surface area (Å²) in [6, 6.07) is 0. The smallest absolute Gasteiger partial charge is 0.402 e. The van der Waals surface area contributed by atoms with E-state index in [1.807, 2.05) is 13.8 Å². The number of nitrogens with one attached hydrogen (secondary N) is 1. The zero-order chi connectivity index (χ0) is 12.4. The van der Waals surface area contributed by atoms with E-state index in [-0.39, 0.29) is 11.8 Å². The first kappa shape index (κ1) is 16.3. The van der Waals surface area contributed by atoms with Crippen molar-refractivity contribution in [2.45, 2.75) is 26.7 Å². The minimum atomic E-state index is -2.17. The molecule has 0 bridgehead atoms. The molecular formula is C8H16BNO5. The standard InChI is InChI=1S/C4H5NO2.C4H8.BH3O3/c6-3-1-2-4(7)5-3;1-4(2)3;2-1(3)4/h1-2H2,(H,5,6,7);1H2,2-3H3;2-4H. The van der Waals surface area contributed by atoms with Crippen LogP contribution in [-0.4, -0.2) is 34.2 Å². The van der Waals surface area contributed by atoms with Crippen LogP contribution in [0.1, 0.15) is 26.7 Å². The average molecular weight is 217 g/mol. The van der Waals surface area contributed by atoms with E-state index in [0.717, 1.165) is 0 Å². The van der Waals surface area contributed by atoms with Crippen molar-refractivity contribution in [3.8, 4) is 0 Å². The highest BCUT2D eigenvalue weighted by Crippen LogP contribution is 1.95. The zero-order valence-corrected chi connectivity index (χ0v) is 8.86. The van der Waals surface area contributed by atoms with E-state index in [4.69, 9.17) is 15.1 Å². The van der Waals surface area contributed by atoms with Gasteiger partial charge in [-0.1, -0.05) is 5.57 Å². The molecule has 1 aliphatic heterocycles. The first-order valence-corrected chi connectivity index (χ1v) is 4.24. The summed E-state index contributed by atoms with van der Waals surface area (Å²) >= 11 is 0. The SMILES string of the molecule is C=C(C)C.O=C1CCC(=O)N1.OB(O)O. The molecule has 1 rings (SSSR count). The topological polar surface area (TPSA) is 107 Å². The Kier molecular flexibility index (Phi) is 10.2. The van der Waals surface area contributed by atoms with Crippen LogP contribution < -0.4 is 5.32 Å². The molecule has 1 aliphatic rings. The van der Waals surface area contributed by atoms with Crippen molar-refractivity contribution in [2.24, 2.45) is 0 Å². The van der Waals surface area contributed by atoms with Crippen LogP contribution in [0.15, 0.2) is 12.2 Å². The molecule has 0 unspecified atom stereocenters. The Bertz CT molecular complexity index is 208. The fraction of sp³-hybridized carbons (Fsp3) is 0.500. The highest BCUT2D eigenvalue weighted by atomic mass is 16.5. The van der Waals surface area contributed by atoms with Gasteiger partial charge in [0.1, 0.15) is 0 Å². The van der Waals surface area contributed by atoms with Crippen LogP contribution in [0.2, 0.25) is 0 Å². The first-order chi connectivity index (χ1) is 6.75. The summed E-state index contributed by atoms with van der Waals surface area (Å²) in [5.74, 6) is -0.296. The summed E-state index contributed by atoms with van der Waals surface area (Å²) in [5.41, 5.74) is 1.17. The number of rotatable bonds is 0. The summed E-state index contributed by atoms with van der Waals surface area (Å²) in [4.78, 5) is 20.2. The van der Waals surface area contributed by atoms with Gasteiger partial charge in [-0.2, -0.15) is 0 Å². The minimum Gasteiger partial charge on any atom is -0.402 e. The van der Waals surface area contributed by atoms with Crippen LogP contribution in [0, 0.1) is 0 Å². The Morgan fingerprint density at radius 1 is 1.20 bits per heavy atom. The molecule has 1 fully saturated rings. The van der Waals surface area contributed by atoms with Gasteiger partial charge in [0.05, 0.1) is 0 Å². The van der Waals surface area contributed by atoms with Crippen molar-refractivity contribution in [3.63, 3.8) is 0 Å². The number of carbonyl (C=O) groups excluding carboxylic acids is 2. The minimum absolute atomic E-state index is 0.148. The van der Waals surface area contributed by atoms with E-state index in [2.05, 4.69) is 11.9 Å². The van der Waals surface area contributed by atoms with Crippen molar-refractivity contribution in [2.75, 3.05) is 0 Å². The molecule has 2 amide bonds. The number of imide groups is 1. The lowest BCUT2D eigenvalue weighted by molar-refractivity contribution is -0.124. The largest absolute Gasteiger partial charge is 0.631 e. The Balaban J connectivity index is 0. The molecule has 1 heterocycles. The van der Waals surface area contributed by atoms with E-state index in [0.29, 0.717) is 12.8 Å². The lowest BCUT2D eigenvalue weighted by atomic mass is 10.3. The summed E-state index contributed by atoms with van der Waals surface area (Å²) in [5, 5.41) is 23.6. The molecule has 15 heavy (non-hydrogen) atoms. The third kappa shape index (κ3) is 24.5. The highest BCUT2D eigenvalue weighted by molar-refractivity contribution is 6.30. The van der Waals surface area contributed by atoms with Gasteiger partial charge in [-0.25, -0.2) is 0 Å². The number of hydrogen-bond acceptors (Lipinski definition) is 5. The zero-order valence-electron chi connectivity index (χ0n) is 8.86. The van der Waals surface area contributed by atoms with Gasteiger partial charge < -0.3 is 15.1 Å². The molecule has 0 radical (unpaired) electrons. The molecule has 0 aliphatic carbocycles. The molecule has 0 spiro atoms. The molecule has 86 valence electrons. The average Bonchev–Trinajstić information content (AvgIpc) is 2.31. The molecule has 7 heteroatoms. The molecule has 6 nitrogen and oxygen atoms in total. The molecule has 4 N–H and O–H groups in total. The van der Waals surface area contributed by atoms with Gasteiger partial charge in [0.25, 0.3) is 0 Å².